The molecule has 2 aliphatic heterocycles. The van der Waals surface area contributed by atoms with Crippen molar-refractivity contribution in [1.29, 1.82) is 5.26 Å². The van der Waals surface area contributed by atoms with Crippen LogP contribution in [0.15, 0.2) is 18.3 Å². The van der Waals surface area contributed by atoms with Gasteiger partial charge in [0.05, 0.1) is 5.56 Å². The summed E-state index contributed by atoms with van der Waals surface area (Å²) in [5.74, 6) is 1.41. The summed E-state index contributed by atoms with van der Waals surface area (Å²) in [5.41, 5.74) is 0.584. The van der Waals surface area contributed by atoms with Gasteiger partial charge >= 0.3 is 0 Å². The first-order valence-electron chi connectivity index (χ1n) is 10.4. The summed E-state index contributed by atoms with van der Waals surface area (Å²) in [6, 6.07) is 6.59. The normalized spacial score (nSPS) is 22.8. The quantitative estimate of drug-likeness (QED) is 0.820. The van der Waals surface area contributed by atoms with E-state index in [0.29, 0.717) is 11.5 Å². The van der Waals surface area contributed by atoms with Crippen LogP contribution in [0, 0.1) is 17.2 Å². The first-order chi connectivity index (χ1) is 13.2. The molecule has 0 bridgehead atoms. The first-order valence-corrected chi connectivity index (χ1v) is 10.4. The van der Waals surface area contributed by atoms with Crippen LogP contribution in [0.25, 0.3) is 0 Å². The Morgan fingerprint density at radius 3 is 2.30 bits per heavy atom. The summed E-state index contributed by atoms with van der Waals surface area (Å²) in [7, 11) is 0. The number of carbonyl (C=O) groups is 1. The highest BCUT2D eigenvalue weighted by atomic mass is 16.2. The molecule has 4 rings (SSSR count). The molecule has 0 N–H and O–H groups in total. The molecule has 1 saturated carbocycles. The molecule has 1 aliphatic carbocycles. The van der Waals surface area contributed by atoms with Gasteiger partial charge in [-0.2, -0.15) is 5.26 Å². The van der Waals surface area contributed by atoms with Crippen molar-refractivity contribution < 1.29 is 4.79 Å². The molecule has 0 aromatic carbocycles. The van der Waals surface area contributed by atoms with E-state index in [1.165, 1.54) is 25.7 Å². The third kappa shape index (κ3) is 4.08. The summed E-state index contributed by atoms with van der Waals surface area (Å²) in [6.45, 7) is 5.60. The standard InChI is InChI=1S/C21H29N5O/c22-15-17-5-6-20(23-16-17)25-9-7-18(8-10-25)21(27)26-13-11-24(12-14-26)19-3-1-2-4-19/h5-6,16,18-19H,1-4,7-14H2. The minimum Gasteiger partial charge on any atom is -0.357 e. The number of piperidine rings is 1. The van der Waals surface area contributed by atoms with E-state index in [2.05, 4.69) is 25.8 Å². The smallest absolute Gasteiger partial charge is 0.225 e. The van der Waals surface area contributed by atoms with Crippen molar-refractivity contribution in [3.05, 3.63) is 23.9 Å². The Morgan fingerprint density at radius 2 is 1.70 bits per heavy atom. The zero-order valence-electron chi connectivity index (χ0n) is 16.0. The van der Waals surface area contributed by atoms with Crippen LogP contribution >= 0.6 is 0 Å². The fraction of sp³-hybridized carbons (Fsp3) is 0.667. The van der Waals surface area contributed by atoms with Gasteiger partial charge in [0, 0.05) is 57.4 Å². The third-order valence-electron chi connectivity index (χ3n) is 6.51. The molecule has 2 saturated heterocycles. The number of amides is 1. The molecular formula is C21H29N5O. The van der Waals surface area contributed by atoms with Gasteiger partial charge in [0.15, 0.2) is 0 Å². The number of nitrogens with zero attached hydrogens (tertiary/aromatic N) is 5. The van der Waals surface area contributed by atoms with Gasteiger partial charge in [-0.05, 0) is 37.8 Å². The number of rotatable bonds is 3. The highest BCUT2D eigenvalue weighted by Gasteiger charge is 2.32. The molecule has 3 heterocycles. The Hall–Kier alpha value is -2.13. The zero-order chi connectivity index (χ0) is 18.6. The summed E-state index contributed by atoms with van der Waals surface area (Å²) in [6.07, 6.45) is 8.83. The minimum atomic E-state index is 0.151. The molecule has 0 atom stereocenters. The Labute approximate surface area is 161 Å². The van der Waals surface area contributed by atoms with Gasteiger partial charge in [-0.25, -0.2) is 4.98 Å². The lowest BCUT2D eigenvalue weighted by atomic mass is 9.95. The second kappa shape index (κ2) is 8.26. The first kappa shape index (κ1) is 18.2. The van der Waals surface area contributed by atoms with E-state index in [-0.39, 0.29) is 5.92 Å². The monoisotopic (exact) mass is 367 g/mol. The third-order valence-corrected chi connectivity index (χ3v) is 6.51. The van der Waals surface area contributed by atoms with Crippen molar-refractivity contribution >= 4 is 11.7 Å². The molecule has 0 radical (unpaired) electrons. The summed E-state index contributed by atoms with van der Waals surface area (Å²) in [4.78, 5) is 24.3. The van der Waals surface area contributed by atoms with Crippen LogP contribution in [0.5, 0.6) is 0 Å². The average Bonchev–Trinajstić information content (AvgIpc) is 3.28. The van der Waals surface area contributed by atoms with E-state index < -0.39 is 0 Å². The summed E-state index contributed by atoms with van der Waals surface area (Å²) >= 11 is 0. The predicted molar refractivity (Wildman–Crippen MR) is 104 cm³/mol. The molecule has 0 unspecified atom stereocenters. The lowest BCUT2D eigenvalue weighted by Crippen LogP contribution is -2.53. The van der Waals surface area contributed by atoms with E-state index in [9.17, 15) is 4.79 Å². The van der Waals surface area contributed by atoms with Crippen LogP contribution < -0.4 is 4.90 Å². The number of piperazine rings is 1. The van der Waals surface area contributed by atoms with Crippen LogP contribution in [0.1, 0.15) is 44.1 Å². The van der Waals surface area contributed by atoms with Crippen LogP contribution in [0.3, 0.4) is 0 Å². The van der Waals surface area contributed by atoms with E-state index in [4.69, 9.17) is 5.26 Å². The summed E-state index contributed by atoms with van der Waals surface area (Å²) < 4.78 is 0. The Balaban J connectivity index is 1.25. The van der Waals surface area contributed by atoms with E-state index >= 15 is 0 Å². The van der Waals surface area contributed by atoms with Gasteiger partial charge in [0.1, 0.15) is 11.9 Å². The second-order valence-electron chi connectivity index (χ2n) is 8.08. The molecule has 144 valence electrons. The molecular weight excluding hydrogens is 338 g/mol. The lowest BCUT2D eigenvalue weighted by Gasteiger charge is -2.40. The maximum atomic E-state index is 12.9. The maximum absolute atomic E-state index is 12.9. The van der Waals surface area contributed by atoms with Crippen molar-refractivity contribution in [3.63, 3.8) is 0 Å². The number of hydrogen-bond donors (Lipinski definition) is 0. The predicted octanol–water partition coefficient (Wildman–Crippen LogP) is 2.26. The van der Waals surface area contributed by atoms with Crippen molar-refractivity contribution in [3.8, 4) is 6.07 Å². The maximum Gasteiger partial charge on any atom is 0.225 e. The van der Waals surface area contributed by atoms with Crippen molar-refractivity contribution in [2.75, 3.05) is 44.2 Å². The van der Waals surface area contributed by atoms with Gasteiger partial charge in [-0.15, -0.1) is 0 Å². The topological polar surface area (TPSA) is 63.5 Å². The largest absolute Gasteiger partial charge is 0.357 e. The molecule has 1 aromatic rings. The number of carbonyl (C=O) groups excluding carboxylic acids is 1. The Kier molecular flexibility index (Phi) is 5.58. The van der Waals surface area contributed by atoms with Crippen LogP contribution in [-0.2, 0) is 4.79 Å². The van der Waals surface area contributed by atoms with Gasteiger partial charge in [0.2, 0.25) is 5.91 Å². The molecule has 6 nitrogen and oxygen atoms in total. The summed E-state index contributed by atoms with van der Waals surface area (Å²) in [5, 5.41) is 8.89. The molecule has 27 heavy (non-hydrogen) atoms. The highest BCUT2D eigenvalue weighted by Crippen LogP contribution is 2.26. The van der Waals surface area contributed by atoms with Gasteiger partial charge < -0.3 is 9.80 Å². The van der Waals surface area contributed by atoms with Gasteiger partial charge in [-0.1, -0.05) is 12.8 Å². The number of anilines is 1. The van der Waals surface area contributed by atoms with Crippen molar-refractivity contribution in [1.82, 2.24) is 14.8 Å². The van der Waals surface area contributed by atoms with Crippen molar-refractivity contribution in [2.24, 2.45) is 5.92 Å². The van der Waals surface area contributed by atoms with Gasteiger partial charge in [-0.3, -0.25) is 9.69 Å². The van der Waals surface area contributed by atoms with Crippen LogP contribution in [-0.4, -0.2) is 66.0 Å². The number of hydrogen-bond acceptors (Lipinski definition) is 5. The molecule has 0 spiro atoms. The zero-order valence-corrected chi connectivity index (χ0v) is 16.0. The Morgan fingerprint density at radius 1 is 1.00 bits per heavy atom. The van der Waals surface area contributed by atoms with E-state index in [0.717, 1.165) is 64.0 Å². The number of pyridine rings is 1. The second-order valence-corrected chi connectivity index (χ2v) is 8.08. The van der Waals surface area contributed by atoms with Crippen LogP contribution in [0.2, 0.25) is 0 Å². The SMILES string of the molecule is N#Cc1ccc(N2CCC(C(=O)N3CCN(C4CCCC4)CC3)CC2)nc1. The molecule has 6 heteroatoms. The van der Waals surface area contributed by atoms with E-state index in [1.54, 1.807) is 6.20 Å². The lowest BCUT2D eigenvalue weighted by molar-refractivity contribution is -0.138. The van der Waals surface area contributed by atoms with Crippen molar-refractivity contribution in [2.45, 2.75) is 44.6 Å². The van der Waals surface area contributed by atoms with Crippen LogP contribution in [0.4, 0.5) is 5.82 Å². The fourth-order valence-corrected chi connectivity index (χ4v) is 4.83. The van der Waals surface area contributed by atoms with Gasteiger partial charge in [0.25, 0.3) is 0 Å². The van der Waals surface area contributed by atoms with E-state index in [1.807, 2.05) is 12.1 Å². The molecule has 1 aromatic heterocycles. The average molecular weight is 367 g/mol. The minimum absolute atomic E-state index is 0.151. The number of aromatic nitrogens is 1. The molecule has 3 aliphatic rings. The molecule has 1 amide bonds. The Bertz CT molecular complexity index is 676. The molecule has 3 fully saturated rings. The highest BCUT2D eigenvalue weighted by molar-refractivity contribution is 5.79. The fourth-order valence-electron chi connectivity index (χ4n) is 4.83. The number of nitriles is 1.